The average molecular weight is 1150 g/mol. The molecule has 31 nitrogen and oxygen atoms in total. The van der Waals surface area contributed by atoms with Crippen molar-refractivity contribution in [3.63, 3.8) is 0 Å². The number of hydrogen-bond donors (Lipinski definition) is 13. The molecule has 2 rings (SSSR count). The maximum Gasteiger partial charge on any atom is 0.410 e. The standard InChI is InChI=1S/C49H86N10O21/c1-6-16-72-20-22-75-24-25-76-23-21-73-17-11-38(65)59(15-19-74-18-14-58(5)49(71)79-41(34(63)28-60)40-30(2)32(55-46(50)51)26-36(77-40)44(66)67)13-10-8-7-9-12-57(4)48(70)80-42(35(64)29-61)43-39(54-31(3)62)33(56-47(52)53)27-37(78-43)45(68)69/h26-27,30,32-35,39-43,60-61,63-64H,6-25,28-29H2,1-5H3,(H,54,62)(H,66,67)(H,68,69)(H4,50,51,55)(H4,52,53,56)/t30-,32+,33+,34-,35-,39-,40-,41-,42-,43-/m1/s1. The van der Waals surface area contributed by atoms with Crippen LogP contribution in [-0.4, -0.2) is 268 Å². The number of unbranched alkanes of at least 4 members (excludes halogenated alkanes) is 3. The van der Waals surface area contributed by atoms with E-state index in [4.69, 9.17) is 64.9 Å². The van der Waals surface area contributed by atoms with Gasteiger partial charge < -0.3 is 115 Å². The Bertz CT molecular complexity index is 2010. The van der Waals surface area contributed by atoms with Crippen LogP contribution in [0.1, 0.15) is 59.3 Å². The quantitative estimate of drug-likeness (QED) is 0.0170. The van der Waals surface area contributed by atoms with Gasteiger partial charge in [0.15, 0.2) is 30.2 Å². The summed E-state index contributed by atoms with van der Waals surface area (Å²) in [5.74, 6) is -6.82. The molecule has 0 fully saturated rings. The molecule has 4 amide bonds. The summed E-state index contributed by atoms with van der Waals surface area (Å²) in [6, 6.07) is -3.27. The Labute approximate surface area is 465 Å². The molecule has 15 N–H and O–H groups in total. The number of guanidine groups is 2. The lowest BCUT2D eigenvalue weighted by molar-refractivity contribution is -0.148. The molecule has 0 bridgehead atoms. The summed E-state index contributed by atoms with van der Waals surface area (Å²) < 4.78 is 50.2. The number of carboxylic acid groups (broad SMARTS) is 2. The number of nitrogens with zero attached hydrogens (tertiary/aromatic N) is 3. The highest BCUT2D eigenvalue weighted by Gasteiger charge is 2.47. The van der Waals surface area contributed by atoms with Gasteiger partial charge in [0.25, 0.3) is 0 Å². The van der Waals surface area contributed by atoms with Gasteiger partial charge >= 0.3 is 24.1 Å². The lowest BCUT2D eigenvalue weighted by Gasteiger charge is -2.41. The van der Waals surface area contributed by atoms with E-state index in [1.165, 1.54) is 25.1 Å². The van der Waals surface area contributed by atoms with Crippen LogP contribution in [-0.2, 0) is 61.8 Å². The van der Waals surface area contributed by atoms with Crippen LogP contribution in [0.4, 0.5) is 9.59 Å². The number of aliphatic carboxylic acids is 2. The second-order valence-electron chi connectivity index (χ2n) is 18.7. The van der Waals surface area contributed by atoms with Crippen molar-refractivity contribution in [2.45, 2.75) is 114 Å². The summed E-state index contributed by atoms with van der Waals surface area (Å²) in [5, 5.41) is 83.5. The average Bonchev–Trinajstić information content (AvgIpc) is 3.42. The van der Waals surface area contributed by atoms with Crippen LogP contribution in [0.5, 0.6) is 0 Å². The largest absolute Gasteiger partial charge is 0.479 e. The number of aliphatic hydroxyl groups is 4. The SMILES string of the molecule is CCCOCCOCCOCCOCCC(=O)N(CCCCCCN(C)C(=O)O[C@@H]([C@@H]1OC(C(=O)O)=C[C@H](NC(=N)N)[C@H]1NC(C)=O)[C@H](O)CO)CCOCCN(C)C(=O)O[C@@H]([C@@H]1OC(C(=O)O)=C[C@H](NC(=N)N)[C@H]1C)[C@H](O)CO. The Morgan fingerprint density at radius 2 is 1.06 bits per heavy atom. The van der Waals surface area contributed by atoms with Gasteiger partial charge in [0.05, 0.1) is 97.2 Å². The molecule has 31 heteroatoms. The third-order valence-electron chi connectivity index (χ3n) is 12.4. The van der Waals surface area contributed by atoms with Crippen molar-refractivity contribution in [3.05, 3.63) is 23.7 Å². The van der Waals surface area contributed by atoms with Gasteiger partial charge in [-0.15, -0.1) is 0 Å². The number of carboxylic acids is 2. The van der Waals surface area contributed by atoms with Crippen molar-refractivity contribution in [3.8, 4) is 0 Å². The highest BCUT2D eigenvalue weighted by molar-refractivity contribution is 5.86. The minimum atomic E-state index is -1.80. The first-order chi connectivity index (χ1) is 38.1. The molecule has 0 saturated carbocycles. The zero-order valence-corrected chi connectivity index (χ0v) is 46.3. The smallest absolute Gasteiger partial charge is 0.410 e. The molecule has 2 aliphatic rings. The van der Waals surface area contributed by atoms with E-state index in [-0.39, 0.29) is 58.4 Å². The predicted molar refractivity (Wildman–Crippen MR) is 282 cm³/mol. The van der Waals surface area contributed by atoms with Crippen LogP contribution in [0.15, 0.2) is 23.7 Å². The number of carbonyl (C=O) groups excluding carboxylic acids is 4. The molecule has 0 aliphatic carbocycles. The van der Waals surface area contributed by atoms with Gasteiger partial charge in [-0.05, 0) is 31.4 Å². The number of aliphatic hydroxyl groups excluding tert-OH is 4. The Balaban J connectivity index is 2.02. The number of nitrogens with two attached hydrogens (primary N) is 2. The van der Waals surface area contributed by atoms with Gasteiger partial charge in [-0.25, -0.2) is 19.2 Å². The first kappa shape index (κ1) is 69.8. The van der Waals surface area contributed by atoms with Gasteiger partial charge in [-0.1, -0.05) is 26.7 Å². The Kier molecular flexibility index (Phi) is 33.5. The van der Waals surface area contributed by atoms with Crippen LogP contribution >= 0.6 is 0 Å². The zero-order valence-electron chi connectivity index (χ0n) is 46.3. The normalized spacial score (nSPS) is 20.2. The zero-order chi connectivity index (χ0) is 59.7. The molecule has 2 aliphatic heterocycles. The maximum atomic E-state index is 13.5. The highest BCUT2D eigenvalue weighted by atomic mass is 16.6. The second-order valence-corrected chi connectivity index (χ2v) is 18.7. The molecule has 0 spiro atoms. The molecule has 458 valence electrons. The van der Waals surface area contributed by atoms with Crippen molar-refractivity contribution in [2.24, 2.45) is 17.4 Å². The first-order valence-electron chi connectivity index (χ1n) is 26.4. The van der Waals surface area contributed by atoms with Crippen molar-refractivity contribution in [1.29, 1.82) is 10.8 Å². The molecule has 2 heterocycles. The minimum absolute atomic E-state index is 0.0221. The van der Waals surface area contributed by atoms with E-state index >= 15 is 0 Å². The Morgan fingerprint density at radius 1 is 0.625 bits per heavy atom. The van der Waals surface area contributed by atoms with Crippen LogP contribution in [0.3, 0.4) is 0 Å². The van der Waals surface area contributed by atoms with E-state index in [1.54, 1.807) is 11.8 Å². The summed E-state index contributed by atoms with van der Waals surface area (Å²) in [4.78, 5) is 80.1. The fourth-order valence-electron chi connectivity index (χ4n) is 8.09. The number of amides is 4. The maximum absolute atomic E-state index is 13.5. The third-order valence-corrected chi connectivity index (χ3v) is 12.4. The number of hydrogen-bond acceptors (Lipinski definition) is 21. The van der Waals surface area contributed by atoms with Crippen molar-refractivity contribution < 1.29 is 102 Å². The highest BCUT2D eigenvalue weighted by Crippen LogP contribution is 2.30. The number of rotatable bonds is 40. The van der Waals surface area contributed by atoms with E-state index in [2.05, 4.69) is 16.0 Å². The van der Waals surface area contributed by atoms with Gasteiger partial charge in [0.2, 0.25) is 23.3 Å². The molecule has 0 saturated heterocycles. The molecule has 0 aromatic carbocycles. The van der Waals surface area contributed by atoms with Crippen LogP contribution in [0, 0.1) is 16.7 Å². The number of carbonyl (C=O) groups is 6. The van der Waals surface area contributed by atoms with Crippen LogP contribution in [0.25, 0.3) is 0 Å². The number of nitrogens with one attached hydrogen (secondary N) is 5. The van der Waals surface area contributed by atoms with E-state index in [1.807, 2.05) is 6.92 Å². The van der Waals surface area contributed by atoms with Gasteiger partial charge in [0.1, 0.15) is 18.3 Å². The number of ether oxygens (including phenoxy) is 9. The first-order valence-corrected chi connectivity index (χ1v) is 26.4. The topological polar surface area (TPSA) is 452 Å². The summed E-state index contributed by atoms with van der Waals surface area (Å²) in [5.41, 5.74) is 11.0. The molecule has 0 unspecified atom stereocenters. The molecular formula is C49H86N10O21. The van der Waals surface area contributed by atoms with Crippen LogP contribution in [0.2, 0.25) is 0 Å². The van der Waals surface area contributed by atoms with E-state index in [0.29, 0.717) is 71.9 Å². The Hall–Kier alpha value is -6.32. The van der Waals surface area contributed by atoms with E-state index < -0.39 is 127 Å². The molecule has 10 atom stereocenters. The fourth-order valence-corrected chi connectivity index (χ4v) is 8.09. The van der Waals surface area contributed by atoms with Crippen LogP contribution < -0.4 is 27.4 Å². The van der Waals surface area contributed by atoms with Gasteiger partial charge in [-0.2, -0.15) is 0 Å². The van der Waals surface area contributed by atoms with Crippen molar-refractivity contribution in [2.75, 3.05) is 120 Å². The summed E-state index contributed by atoms with van der Waals surface area (Å²) in [7, 11) is 2.81. The van der Waals surface area contributed by atoms with E-state index in [0.717, 1.165) is 24.3 Å². The summed E-state index contributed by atoms with van der Waals surface area (Å²) >= 11 is 0. The monoisotopic (exact) mass is 1150 g/mol. The summed E-state index contributed by atoms with van der Waals surface area (Å²) in [6.45, 7) is 6.64. The molecule has 0 aromatic heterocycles. The molecule has 0 radical (unpaired) electrons. The minimum Gasteiger partial charge on any atom is -0.479 e. The molecule has 80 heavy (non-hydrogen) atoms. The lowest BCUT2D eigenvalue weighted by atomic mass is 9.87. The molecule has 0 aromatic rings. The van der Waals surface area contributed by atoms with Crippen molar-refractivity contribution in [1.82, 2.24) is 30.7 Å². The summed E-state index contributed by atoms with van der Waals surface area (Å²) in [6.07, 6.45) is -6.16. The molecular weight excluding hydrogens is 1060 g/mol. The second kappa shape index (κ2) is 38.3. The van der Waals surface area contributed by atoms with Gasteiger partial charge in [-0.3, -0.25) is 20.4 Å². The van der Waals surface area contributed by atoms with E-state index in [9.17, 15) is 59.4 Å². The third kappa shape index (κ3) is 25.9. The fraction of sp³-hybridized carbons (Fsp3) is 0.755. The Morgan fingerprint density at radius 3 is 1.56 bits per heavy atom. The predicted octanol–water partition coefficient (Wildman–Crippen LogP) is -2.58. The van der Waals surface area contributed by atoms with Crippen molar-refractivity contribution >= 4 is 47.9 Å². The number of likely N-dealkylation sites (N-methyl/N-ethyl adjacent to an activating group) is 1. The lowest BCUT2D eigenvalue weighted by Crippen LogP contribution is -2.65. The van der Waals surface area contributed by atoms with Gasteiger partial charge in [0, 0.05) is 59.7 Å².